The number of anilines is 1. The van der Waals surface area contributed by atoms with Crippen molar-refractivity contribution >= 4 is 34.1 Å². The molecule has 0 spiro atoms. The molecule has 25 heavy (non-hydrogen) atoms. The number of rotatable bonds is 7. The summed E-state index contributed by atoms with van der Waals surface area (Å²) in [5.41, 5.74) is 0. The van der Waals surface area contributed by atoms with E-state index in [9.17, 15) is 4.79 Å². The Morgan fingerprint density at radius 3 is 3.04 bits per heavy atom. The van der Waals surface area contributed by atoms with Crippen LogP contribution in [0.3, 0.4) is 0 Å². The lowest BCUT2D eigenvalue weighted by atomic mass is 9.86. The van der Waals surface area contributed by atoms with Crippen molar-refractivity contribution in [1.82, 2.24) is 15.5 Å². The van der Waals surface area contributed by atoms with Gasteiger partial charge in [-0.2, -0.15) is 0 Å². The third kappa shape index (κ3) is 5.22. The number of nitrogens with zero attached hydrogens (tertiary/aromatic N) is 2. The number of hydrogen-bond acceptors (Lipinski definition) is 7. The second-order valence-electron chi connectivity index (χ2n) is 6.44. The molecule has 0 radical (unpaired) electrons. The second kappa shape index (κ2) is 8.71. The molecule has 0 saturated heterocycles. The van der Waals surface area contributed by atoms with Crippen molar-refractivity contribution in [2.75, 3.05) is 5.32 Å². The van der Waals surface area contributed by atoms with Crippen molar-refractivity contribution in [1.29, 1.82) is 0 Å². The minimum absolute atomic E-state index is 0.0871. The molecule has 1 aliphatic carbocycles. The summed E-state index contributed by atoms with van der Waals surface area (Å²) < 4.78 is 6.07. The molecule has 1 amide bonds. The minimum Gasteiger partial charge on any atom is -0.467 e. The van der Waals surface area contributed by atoms with E-state index >= 15 is 0 Å². The van der Waals surface area contributed by atoms with Gasteiger partial charge in [-0.05, 0) is 37.8 Å². The maximum atomic E-state index is 12.4. The molecular formula is C17H24N4O2S2. The molecule has 0 aliphatic heterocycles. The lowest BCUT2D eigenvalue weighted by molar-refractivity contribution is -0.121. The maximum Gasteiger partial charge on any atom is 0.233 e. The highest BCUT2D eigenvalue weighted by Gasteiger charge is 2.25. The van der Waals surface area contributed by atoms with Crippen molar-refractivity contribution in [2.45, 2.75) is 61.7 Å². The zero-order valence-electron chi connectivity index (χ0n) is 14.5. The van der Waals surface area contributed by atoms with E-state index in [0.29, 0.717) is 18.5 Å². The molecule has 3 rings (SSSR count). The van der Waals surface area contributed by atoms with Crippen molar-refractivity contribution in [3.05, 3.63) is 24.2 Å². The predicted molar refractivity (Wildman–Crippen MR) is 101 cm³/mol. The molecular weight excluding hydrogens is 356 g/mol. The first-order valence-electron chi connectivity index (χ1n) is 8.68. The third-order valence-electron chi connectivity index (χ3n) is 4.49. The zero-order valence-corrected chi connectivity index (χ0v) is 16.2. The Morgan fingerprint density at radius 2 is 2.28 bits per heavy atom. The number of aromatic nitrogens is 2. The lowest BCUT2D eigenvalue weighted by Gasteiger charge is -2.30. The molecule has 2 aromatic rings. The number of furan rings is 1. The monoisotopic (exact) mass is 380 g/mol. The molecule has 0 bridgehead atoms. The van der Waals surface area contributed by atoms with Crippen LogP contribution in [0.4, 0.5) is 5.13 Å². The number of amides is 1. The van der Waals surface area contributed by atoms with Crippen LogP contribution in [0.25, 0.3) is 0 Å². The van der Waals surface area contributed by atoms with Crippen molar-refractivity contribution < 1.29 is 9.21 Å². The Kier molecular flexibility index (Phi) is 6.36. The highest BCUT2D eigenvalue weighted by atomic mass is 32.2. The van der Waals surface area contributed by atoms with Crippen molar-refractivity contribution in [3.8, 4) is 0 Å². The van der Waals surface area contributed by atoms with E-state index in [0.717, 1.165) is 21.7 Å². The minimum atomic E-state index is -0.181. The maximum absolute atomic E-state index is 12.4. The Bertz CT molecular complexity index is 674. The molecule has 6 nitrogen and oxygen atoms in total. The molecule has 3 atom stereocenters. The van der Waals surface area contributed by atoms with Crippen LogP contribution in [-0.2, 0) is 11.3 Å². The van der Waals surface area contributed by atoms with Gasteiger partial charge in [0.15, 0.2) is 4.34 Å². The van der Waals surface area contributed by atoms with Gasteiger partial charge in [0, 0.05) is 6.04 Å². The smallest absolute Gasteiger partial charge is 0.233 e. The van der Waals surface area contributed by atoms with Gasteiger partial charge in [0.25, 0.3) is 0 Å². The highest BCUT2D eigenvalue weighted by molar-refractivity contribution is 8.02. The molecule has 1 fully saturated rings. The van der Waals surface area contributed by atoms with Crippen LogP contribution >= 0.6 is 23.1 Å². The number of carbonyl (C=O) groups excluding carboxylic acids is 1. The summed E-state index contributed by atoms with van der Waals surface area (Å²) in [5, 5.41) is 15.2. The fraction of sp³-hybridized carbons (Fsp3) is 0.588. The molecule has 136 valence electrons. The Hall–Kier alpha value is -1.54. The van der Waals surface area contributed by atoms with Crippen LogP contribution in [0.2, 0.25) is 0 Å². The fourth-order valence-corrected chi connectivity index (χ4v) is 4.84. The van der Waals surface area contributed by atoms with E-state index in [1.54, 1.807) is 6.26 Å². The number of carbonyl (C=O) groups is 1. The Labute approximate surface area is 156 Å². The van der Waals surface area contributed by atoms with Crippen LogP contribution in [0, 0.1) is 5.92 Å². The van der Waals surface area contributed by atoms with Gasteiger partial charge in [0.1, 0.15) is 5.76 Å². The molecule has 2 N–H and O–H groups in total. The summed E-state index contributed by atoms with van der Waals surface area (Å²) >= 11 is 2.91. The van der Waals surface area contributed by atoms with Gasteiger partial charge >= 0.3 is 0 Å². The number of nitrogens with one attached hydrogen (secondary N) is 2. The topological polar surface area (TPSA) is 80.1 Å². The quantitative estimate of drug-likeness (QED) is 0.709. The summed E-state index contributed by atoms with van der Waals surface area (Å²) in [6.07, 6.45) is 6.41. The van der Waals surface area contributed by atoms with Gasteiger partial charge in [-0.15, -0.1) is 10.2 Å². The average Bonchev–Trinajstić information content (AvgIpc) is 3.26. The van der Waals surface area contributed by atoms with Crippen LogP contribution in [-0.4, -0.2) is 27.4 Å². The molecule has 8 heteroatoms. The Morgan fingerprint density at radius 1 is 1.44 bits per heavy atom. The van der Waals surface area contributed by atoms with Gasteiger partial charge < -0.3 is 15.1 Å². The summed E-state index contributed by atoms with van der Waals surface area (Å²) in [6.45, 7) is 4.72. The second-order valence-corrected chi connectivity index (χ2v) is 9.01. The van der Waals surface area contributed by atoms with Gasteiger partial charge in [-0.1, -0.05) is 42.9 Å². The van der Waals surface area contributed by atoms with E-state index in [1.807, 2.05) is 19.1 Å². The fourth-order valence-electron chi connectivity index (χ4n) is 2.94. The SMILES string of the molecule is C[C@@H](Sc1nnc(NCc2ccco2)s1)C(=O)N[C@H]1CCCC[C@@H]1C. The standard InChI is InChI=1S/C17H24N4O2S2/c1-11-6-3-4-8-14(11)19-15(22)12(2)24-17-21-20-16(25-17)18-10-13-7-5-9-23-13/h5,7,9,11-12,14H,3-4,6,8,10H2,1-2H3,(H,18,20)(H,19,22)/t11-,12+,14-/m0/s1. The summed E-state index contributed by atoms with van der Waals surface area (Å²) in [4.78, 5) is 12.4. The summed E-state index contributed by atoms with van der Waals surface area (Å²) in [5.74, 6) is 1.50. The van der Waals surface area contributed by atoms with Crippen molar-refractivity contribution in [2.24, 2.45) is 5.92 Å². The van der Waals surface area contributed by atoms with E-state index < -0.39 is 0 Å². The molecule has 0 aromatic carbocycles. The number of thioether (sulfide) groups is 1. The first kappa shape index (κ1) is 18.3. The largest absolute Gasteiger partial charge is 0.467 e. The zero-order chi connectivity index (χ0) is 17.6. The molecule has 2 aromatic heterocycles. The summed E-state index contributed by atoms with van der Waals surface area (Å²) in [7, 11) is 0. The predicted octanol–water partition coefficient (Wildman–Crippen LogP) is 3.92. The van der Waals surface area contributed by atoms with Crippen LogP contribution in [0.15, 0.2) is 27.2 Å². The molecule has 0 unspecified atom stereocenters. The van der Waals surface area contributed by atoms with Gasteiger partial charge in [-0.3, -0.25) is 4.79 Å². The van der Waals surface area contributed by atoms with Crippen LogP contribution < -0.4 is 10.6 Å². The highest BCUT2D eigenvalue weighted by Crippen LogP contribution is 2.30. The molecule has 2 heterocycles. The number of hydrogen-bond donors (Lipinski definition) is 2. The van der Waals surface area contributed by atoms with E-state index in [2.05, 4.69) is 27.8 Å². The Balaban J connectivity index is 1.47. The van der Waals surface area contributed by atoms with Crippen LogP contribution in [0.1, 0.15) is 45.3 Å². The molecule has 1 saturated carbocycles. The normalized spacial score (nSPS) is 21.7. The van der Waals surface area contributed by atoms with Crippen molar-refractivity contribution in [3.63, 3.8) is 0 Å². The lowest BCUT2D eigenvalue weighted by Crippen LogP contribution is -2.44. The van der Waals surface area contributed by atoms with E-state index in [-0.39, 0.29) is 11.2 Å². The third-order valence-corrected chi connectivity index (χ3v) is 6.55. The first-order valence-corrected chi connectivity index (χ1v) is 10.4. The average molecular weight is 381 g/mol. The summed E-state index contributed by atoms with van der Waals surface area (Å²) in [6, 6.07) is 4.07. The first-order chi connectivity index (χ1) is 12.1. The van der Waals surface area contributed by atoms with Crippen LogP contribution in [0.5, 0.6) is 0 Å². The molecule has 1 aliphatic rings. The van der Waals surface area contributed by atoms with E-state index in [4.69, 9.17) is 4.42 Å². The van der Waals surface area contributed by atoms with Gasteiger partial charge in [-0.25, -0.2) is 0 Å². The van der Waals surface area contributed by atoms with Gasteiger partial charge in [0.2, 0.25) is 11.0 Å². The van der Waals surface area contributed by atoms with E-state index in [1.165, 1.54) is 42.4 Å². The van der Waals surface area contributed by atoms with Gasteiger partial charge in [0.05, 0.1) is 18.1 Å².